The Morgan fingerprint density at radius 3 is 2.31 bits per heavy atom. The number of halogens is 4. The summed E-state index contributed by atoms with van der Waals surface area (Å²) in [7, 11) is -5.21. The number of H-pyrrole nitrogens is 1. The standard InChI is InChI=1S/C20H17F3IN3O7S/c1-19(2,3)34-18(30)27(11-9-8-10-14(15(11)17(28)29)16(24)26-25-10)35(31,32)13-7-5-4-6-12(13)33-20(21,22)23/h4-9H,1-3H3,(H,25,26)(H,28,29). The number of nitrogens with one attached hydrogen (secondary N) is 1. The predicted molar refractivity (Wildman–Crippen MR) is 125 cm³/mol. The van der Waals surface area contributed by atoms with Crippen LogP contribution in [0.2, 0.25) is 0 Å². The lowest BCUT2D eigenvalue weighted by Gasteiger charge is -2.28. The summed E-state index contributed by atoms with van der Waals surface area (Å²) in [5, 5.41) is 16.4. The Morgan fingerprint density at radius 2 is 1.74 bits per heavy atom. The zero-order valence-electron chi connectivity index (χ0n) is 18.2. The van der Waals surface area contributed by atoms with Gasteiger partial charge in [-0.05, 0) is 67.6 Å². The number of aromatic carboxylic acids is 1. The van der Waals surface area contributed by atoms with Gasteiger partial charge in [-0.3, -0.25) is 5.10 Å². The van der Waals surface area contributed by atoms with Crippen LogP contribution in [0, 0.1) is 3.70 Å². The van der Waals surface area contributed by atoms with E-state index in [2.05, 4.69) is 14.9 Å². The number of rotatable bonds is 5. The molecule has 0 saturated heterocycles. The number of carboxylic acid groups (broad SMARTS) is 1. The molecule has 1 amide bonds. The summed E-state index contributed by atoms with van der Waals surface area (Å²) >= 11 is 1.71. The molecule has 188 valence electrons. The molecule has 1 heterocycles. The van der Waals surface area contributed by atoms with E-state index < -0.39 is 55.9 Å². The molecule has 0 spiro atoms. The van der Waals surface area contributed by atoms with Crippen LogP contribution in [-0.2, 0) is 14.8 Å². The van der Waals surface area contributed by atoms with Crippen molar-refractivity contribution in [2.75, 3.05) is 4.31 Å². The second kappa shape index (κ2) is 9.18. The Balaban J connectivity index is 2.36. The number of nitrogens with zero attached hydrogens (tertiary/aromatic N) is 2. The molecule has 0 aliphatic heterocycles. The van der Waals surface area contributed by atoms with Gasteiger partial charge < -0.3 is 14.6 Å². The smallest absolute Gasteiger partial charge is 0.478 e. The average molecular weight is 627 g/mol. The van der Waals surface area contributed by atoms with Crippen LogP contribution in [0.5, 0.6) is 5.75 Å². The van der Waals surface area contributed by atoms with Crippen LogP contribution in [0.1, 0.15) is 31.1 Å². The van der Waals surface area contributed by atoms with Gasteiger partial charge in [0.2, 0.25) is 0 Å². The fourth-order valence-electron chi connectivity index (χ4n) is 3.05. The number of carbonyl (C=O) groups is 2. The number of benzene rings is 2. The molecule has 15 heteroatoms. The molecule has 0 bridgehead atoms. The van der Waals surface area contributed by atoms with Crippen LogP contribution in [0.3, 0.4) is 0 Å². The van der Waals surface area contributed by atoms with Crippen molar-refractivity contribution in [1.29, 1.82) is 0 Å². The molecular weight excluding hydrogens is 610 g/mol. The SMILES string of the molecule is CC(C)(C)OC(=O)N(c1ccc2[nH]nc(I)c2c1C(=O)O)S(=O)(=O)c1ccccc1OC(F)(F)F. The van der Waals surface area contributed by atoms with E-state index >= 15 is 0 Å². The minimum Gasteiger partial charge on any atom is -0.478 e. The maximum atomic E-state index is 13.7. The molecule has 10 nitrogen and oxygen atoms in total. The van der Waals surface area contributed by atoms with Gasteiger partial charge in [0.05, 0.1) is 16.8 Å². The number of fused-ring (bicyclic) bond motifs is 1. The van der Waals surface area contributed by atoms with Gasteiger partial charge in [0.1, 0.15) is 19.9 Å². The fourth-order valence-corrected chi connectivity index (χ4v) is 5.19. The topological polar surface area (TPSA) is 139 Å². The highest BCUT2D eigenvalue weighted by molar-refractivity contribution is 14.1. The number of hydrogen-bond acceptors (Lipinski definition) is 7. The number of alkyl halides is 3. The highest BCUT2D eigenvalue weighted by Gasteiger charge is 2.41. The third-order valence-electron chi connectivity index (χ3n) is 4.25. The predicted octanol–water partition coefficient (Wildman–Crippen LogP) is 4.89. The van der Waals surface area contributed by atoms with E-state index in [4.69, 9.17) is 4.74 Å². The van der Waals surface area contributed by atoms with Gasteiger partial charge in [-0.1, -0.05) is 12.1 Å². The van der Waals surface area contributed by atoms with Crippen molar-refractivity contribution in [3.05, 3.63) is 45.7 Å². The van der Waals surface area contributed by atoms with Gasteiger partial charge in [0.25, 0.3) is 10.0 Å². The van der Waals surface area contributed by atoms with Crippen molar-refractivity contribution >= 4 is 61.3 Å². The van der Waals surface area contributed by atoms with E-state index in [0.717, 1.165) is 30.3 Å². The summed E-state index contributed by atoms with van der Waals surface area (Å²) in [6.07, 6.45) is -6.79. The van der Waals surface area contributed by atoms with E-state index in [1.165, 1.54) is 26.8 Å². The summed E-state index contributed by atoms with van der Waals surface area (Å²) < 4.78 is 75.4. The van der Waals surface area contributed by atoms with E-state index in [1.54, 1.807) is 22.6 Å². The van der Waals surface area contributed by atoms with Gasteiger partial charge in [0, 0.05) is 5.39 Å². The van der Waals surface area contributed by atoms with Gasteiger partial charge in [-0.15, -0.1) is 13.2 Å². The molecule has 0 fully saturated rings. The van der Waals surface area contributed by atoms with Crippen molar-refractivity contribution in [2.45, 2.75) is 37.6 Å². The number of sulfonamides is 1. The van der Waals surface area contributed by atoms with Crippen LogP contribution in [0.25, 0.3) is 10.9 Å². The molecular formula is C20H17F3IN3O7S. The number of amides is 1. The van der Waals surface area contributed by atoms with Crippen molar-refractivity contribution in [3.8, 4) is 5.75 Å². The molecule has 0 atom stereocenters. The van der Waals surface area contributed by atoms with E-state index in [9.17, 15) is 36.3 Å². The molecule has 3 aromatic rings. The molecule has 0 radical (unpaired) electrons. The first-order valence-corrected chi connectivity index (χ1v) is 12.1. The van der Waals surface area contributed by atoms with Crippen LogP contribution in [-0.4, -0.2) is 47.7 Å². The van der Waals surface area contributed by atoms with Crippen molar-refractivity contribution in [2.24, 2.45) is 0 Å². The zero-order valence-corrected chi connectivity index (χ0v) is 21.1. The highest BCUT2D eigenvalue weighted by Crippen LogP contribution is 2.38. The number of ether oxygens (including phenoxy) is 2. The monoisotopic (exact) mass is 627 g/mol. The Labute approximate surface area is 210 Å². The average Bonchev–Trinajstić information content (AvgIpc) is 3.06. The first kappa shape index (κ1) is 26.5. The molecule has 0 unspecified atom stereocenters. The van der Waals surface area contributed by atoms with Crippen LogP contribution < -0.4 is 9.04 Å². The number of anilines is 1. The summed E-state index contributed by atoms with van der Waals surface area (Å²) in [5.74, 6) is -2.74. The lowest BCUT2D eigenvalue weighted by atomic mass is 10.1. The van der Waals surface area contributed by atoms with Crippen LogP contribution in [0.4, 0.5) is 23.7 Å². The normalized spacial score (nSPS) is 12.4. The molecule has 35 heavy (non-hydrogen) atoms. The Kier molecular flexibility index (Phi) is 6.95. The first-order valence-electron chi connectivity index (χ1n) is 9.56. The number of para-hydroxylation sites is 1. The number of aromatic nitrogens is 2. The molecule has 1 aromatic heterocycles. The van der Waals surface area contributed by atoms with Gasteiger partial charge in [-0.25, -0.2) is 18.0 Å². The van der Waals surface area contributed by atoms with Gasteiger partial charge in [-0.2, -0.15) is 9.40 Å². The summed E-state index contributed by atoms with van der Waals surface area (Å²) in [5.41, 5.74) is -2.33. The maximum absolute atomic E-state index is 13.7. The number of aromatic amines is 1. The number of carbonyl (C=O) groups excluding carboxylic acids is 1. The molecule has 0 aliphatic carbocycles. The first-order chi connectivity index (χ1) is 16.0. The third-order valence-corrected chi connectivity index (χ3v) is 6.75. The molecule has 2 N–H and O–H groups in total. The van der Waals surface area contributed by atoms with Crippen LogP contribution in [0.15, 0.2) is 41.3 Å². The van der Waals surface area contributed by atoms with E-state index in [0.29, 0.717) is 0 Å². The Bertz CT molecular complexity index is 1420. The quantitative estimate of drug-likeness (QED) is 0.382. The summed E-state index contributed by atoms with van der Waals surface area (Å²) in [6, 6.07) is 6.03. The van der Waals surface area contributed by atoms with Gasteiger partial charge in [0.15, 0.2) is 0 Å². The summed E-state index contributed by atoms with van der Waals surface area (Å²) in [4.78, 5) is 24.3. The zero-order chi connectivity index (χ0) is 26.3. The molecule has 3 rings (SSSR count). The number of hydrogen-bond donors (Lipinski definition) is 2. The lowest BCUT2D eigenvalue weighted by molar-refractivity contribution is -0.275. The maximum Gasteiger partial charge on any atom is 0.573 e. The highest BCUT2D eigenvalue weighted by atomic mass is 127. The second-order valence-corrected chi connectivity index (χ2v) is 10.7. The largest absolute Gasteiger partial charge is 0.573 e. The Morgan fingerprint density at radius 1 is 1.11 bits per heavy atom. The second-order valence-electron chi connectivity index (χ2n) is 7.95. The molecule has 0 aliphatic rings. The van der Waals surface area contributed by atoms with E-state index in [1.807, 2.05) is 0 Å². The third kappa shape index (κ3) is 5.61. The van der Waals surface area contributed by atoms with Crippen molar-refractivity contribution in [1.82, 2.24) is 10.2 Å². The molecule has 0 saturated carbocycles. The lowest BCUT2D eigenvalue weighted by Crippen LogP contribution is -2.42. The Hall–Kier alpha value is -3.08. The van der Waals surface area contributed by atoms with Crippen molar-refractivity contribution in [3.63, 3.8) is 0 Å². The number of carboxylic acids is 1. The van der Waals surface area contributed by atoms with Crippen LogP contribution >= 0.6 is 22.6 Å². The van der Waals surface area contributed by atoms with Gasteiger partial charge >= 0.3 is 18.4 Å². The minimum absolute atomic E-state index is 0.00277. The summed E-state index contributed by atoms with van der Waals surface area (Å²) in [6.45, 7) is 4.28. The minimum atomic E-state index is -5.25. The van der Waals surface area contributed by atoms with E-state index in [-0.39, 0.29) is 18.9 Å². The fraction of sp³-hybridized carbons (Fsp3) is 0.250. The molecule has 2 aromatic carbocycles. The van der Waals surface area contributed by atoms with Crippen molar-refractivity contribution < 1.29 is 45.8 Å².